The van der Waals surface area contributed by atoms with E-state index in [1.54, 1.807) is 30.3 Å². The van der Waals surface area contributed by atoms with Gasteiger partial charge in [-0.25, -0.2) is 4.98 Å². The lowest BCUT2D eigenvalue weighted by atomic mass is 10.1. The highest BCUT2D eigenvalue weighted by atomic mass is 32.2. The first-order valence-corrected chi connectivity index (χ1v) is 11.8. The van der Waals surface area contributed by atoms with Gasteiger partial charge in [0.25, 0.3) is 11.5 Å². The van der Waals surface area contributed by atoms with E-state index >= 15 is 0 Å². The lowest BCUT2D eigenvalue weighted by Gasteiger charge is -2.14. The molecule has 3 aromatic rings. The second kappa shape index (κ2) is 9.76. The first kappa shape index (κ1) is 23.0. The van der Waals surface area contributed by atoms with Crippen LogP contribution in [0.2, 0.25) is 0 Å². The molecule has 9 heteroatoms. The molecule has 1 fully saturated rings. The Morgan fingerprint density at radius 3 is 2.64 bits per heavy atom. The van der Waals surface area contributed by atoms with E-state index in [1.165, 1.54) is 16.2 Å². The summed E-state index contributed by atoms with van der Waals surface area (Å²) in [6, 6.07) is 11.4. The smallest absolute Gasteiger partial charge is 0.267 e. The Kier molecular flexibility index (Phi) is 6.80. The summed E-state index contributed by atoms with van der Waals surface area (Å²) < 4.78 is 7.18. The number of fused-ring (bicyclic) bond motifs is 1. The van der Waals surface area contributed by atoms with Crippen LogP contribution < -0.4 is 15.6 Å². The fourth-order valence-electron chi connectivity index (χ4n) is 3.55. The van der Waals surface area contributed by atoms with E-state index in [0.29, 0.717) is 45.8 Å². The Labute approximate surface area is 201 Å². The van der Waals surface area contributed by atoms with Gasteiger partial charge in [0.15, 0.2) is 0 Å². The number of ether oxygens (including phenoxy) is 1. The second-order valence-electron chi connectivity index (χ2n) is 7.58. The molecule has 1 saturated heterocycles. The summed E-state index contributed by atoms with van der Waals surface area (Å²) in [6.45, 7) is 4.90. The summed E-state index contributed by atoms with van der Waals surface area (Å²) in [5.41, 5.74) is 2.68. The average molecular weight is 481 g/mol. The molecule has 0 radical (unpaired) electrons. The van der Waals surface area contributed by atoms with Gasteiger partial charge in [0.2, 0.25) is 0 Å². The Morgan fingerprint density at radius 1 is 1.18 bits per heavy atom. The standard InChI is InChI=1S/C24H24N4O3S2/c1-4-25-21-18(22(29)28-14-15(2)5-10-20(28)26-21)13-19-23(30)27(24(32)33-19)12-11-16-6-8-17(31-3)9-7-16/h5-10,13-14,25H,4,11-12H2,1-3H3. The number of methoxy groups -OCH3 is 1. The maximum atomic E-state index is 13.3. The topological polar surface area (TPSA) is 75.9 Å². The van der Waals surface area contributed by atoms with Crippen LogP contribution in [0.1, 0.15) is 23.6 Å². The molecule has 0 saturated carbocycles. The molecule has 0 spiro atoms. The number of rotatable bonds is 7. The van der Waals surface area contributed by atoms with Gasteiger partial charge in [-0.3, -0.25) is 18.9 Å². The maximum absolute atomic E-state index is 13.3. The summed E-state index contributed by atoms with van der Waals surface area (Å²) in [6.07, 6.45) is 4.01. The number of thioether (sulfide) groups is 1. The average Bonchev–Trinajstić information content (AvgIpc) is 3.08. The molecular weight excluding hydrogens is 456 g/mol. The van der Waals surface area contributed by atoms with E-state index in [1.807, 2.05) is 44.2 Å². The van der Waals surface area contributed by atoms with Gasteiger partial charge in [0, 0.05) is 19.3 Å². The molecule has 2 aromatic heterocycles. The van der Waals surface area contributed by atoms with Crippen molar-refractivity contribution in [2.45, 2.75) is 20.3 Å². The number of hydrogen-bond acceptors (Lipinski definition) is 7. The molecule has 4 rings (SSSR count). The van der Waals surface area contributed by atoms with Crippen LogP contribution in [0.5, 0.6) is 5.75 Å². The van der Waals surface area contributed by atoms with Crippen LogP contribution >= 0.6 is 24.0 Å². The largest absolute Gasteiger partial charge is 0.497 e. The molecular formula is C24H24N4O3S2. The predicted molar refractivity (Wildman–Crippen MR) is 137 cm³/mol. The molecule has 170 valence electrons. The zero-order chi connectivity index (χ0) is 23.5. The third-order valence-electron chi connectivity index (χ3n) is 5.28. The number of nitrogens with one attached hydrogen (secondary N) is 1. The Bertz CT molecular complexity index is 1320. The first-order chi connectivity index (χ1) is 15.9. The van der Waals surface area contributed by atoms with Crippen molar-refractivity contribution in [3.63, 3.8) is 0 Å². The number of carbonyl (C=O) groups excluding carboxylic acids is 1. The fourth-order valence-corrected chi connectivity index (χ4v) is 4.84. The molecule has 1 N–H and O–H groups in total. The highest BCUT2D eigenvalue weighted by Crippen LogP contribution is 2.33. The summed E-state index contributed by atoms with van der Waals surface area (Å²) in [5, 5.41) is 3.14. The molecule has 1 amide bonds. The number of thiocarbonyl (C=S) groups is 1. The van der Waals surface area contributed by atoms with E-state index in [2.05, 4.69) is 10.3 Å². The molecule has 0 bridgehead atoms. The molecule has 1 aliphatic rings. The Hall–Kier alpha value is -3.17. The maximum Gasteiger partial charge on any atom is 0.267 e. The summed E-state index contributed by atoms with van der Waals surface area (Å²) in [7, 11) is 1.63. The van der Waals surface area contributed by atoms with E-state index in [-0.39, 0.29) is 11.5 Å². The normalized spacial score (nSPS) is 15.0. The number of benzene rings is 1. The minimum atomic E-state index is -0.233. The van der Waals surface area contributed by atoms with Crippen LogP contribution in [-0.2, 0) is 11.2 Å². The highest BCUT2D eigenvalue weighted by Gasteiger charge is 2.32. The third-order valence-corrected chi connectivity index (χ3v) is 6.66. The van der Waals surface area contributed by atoms with Gasteiger partial charge in [0.05, 0.1) is 17.6 Å². The van der Waals surface area contributed by atoms with Crippen molar-refractivity contribution in [2.75, 3.05) is 25.5 Å². The molecule has 0 unspecified atom stereocenters. The molecule has 0 atom stereocenters. The van der Waals surface area contributed by atoms with Crippen molar-refractivity contribution >= 4 is 51.7 Å². The number of aromatic nitrogens is 2. The quantitative estimate of drug-likeness (QED) is 0.406. The number of carbonyl (C=O) groups is 1. The van der Waals surface area contributed by atoms with Gasteiger partial charge >= 0.3 is 0 Å². The zero-order valence-electron chi connectivity index (χ0n) is 18.6. The van der Waals surface area contributed by atoms with Crippen LogP contribution in [0.25, 0.3) is 11.7 Å². The van der Waals surface area contributed by atoms with Crippen LogP contribution in [0, 0.1) is 6.92 Å². The van der Waals surface area contributed by atoms with E-state index in [0.717, 1.165) is 16.9 Å². The monoisotopic (exact) mass is 480 g/mol. The summed E-state index contributed by atoms with van der Waals surface area (Å²) in [5.74, 6) is 1.04. The van der Waals surface area contributed by atoms with Gasteiger partial charge in [0.1, 0.15) is 21.5 Å². The van der Waals surface area contributed by atoms with Gasteiger partial charge in [-0.05, 0) is 55.7 Å². The van der Waals surface area contributed by atoms with Gasteiger partial charge in [-0.2, -0.15) is 0 Å². The van der Waals surface area contributed by atoms with E-state index in [9.17, 15) is 9.59 Å². The van der Waals surface area contributed by atoms with E-state index in [4.69, 9.17) is 17.0 Å². The lowest BCUT2D eigenvalue weighted by Crippen LogP contribution is -2.30. The van der Waals surface area contributed by atoms with Crippen LogP contribution in [-0.4, -0.2) is 44.7 Å². The van der Waals surface area contributed by atoms with Crippen molar-refractivity contribution in [1.29, 1.82) is 0 Å². The van der Waals surface area contributed by atoms with Crippen molar-refractivity contribution in [2.24, 2.45) is 0 Å². The van der Waals surface area contributed by atoms with Gasteiger partial charge in [-0.15, -0.1) is 0 Å². The zero-order valence-corrected chi connectivity index (χ0v) is 20.3. The molecule has 33 heavy (non-hydrogen) atoms. The molecule has 1 aromatic carbocycles. The van der Waals surface area contributed by atoms with Crippen LogP contribution in [0.15, 0.2) is 52.3 Å². The number of nitrogens with zero attached hydrogens (tertiary/aromatic N) is 3. The third kappa shape index (κ3) is 4.79. The number of amides is 1. The molecule has 1 aliphatic heterocycles. The molecule has 3 heterocycles. The molecule has 0 aliphatic carbocycles. The van der Waals surface area contributed by atoms with Crippen molar-refractivity contribution in [1.82, 2.24) is 14.3 Å². The highest BCUT2D eigenvalue weighted by molar-refractivity contribution is 8.26. The Morgan fingerprint density at radius 2 is 1.94 bits per heavy atom. The van der Waals surface area contributed by atoms with Crippen LogP contribution in [0.4, 0.5) is 5.82 Å². The first-order valence-electron chi connectivity index (χ1n) is 10.6. The summed E-state index contributed by atoms with van der Waals surface area (Å²) >= 11 is 6.68. The number of hydrogen-bond donors (Lipinski definition) is 1. The lowest BCUT2D eigenvalue weighted by molar-refractivity contribution is -0.122. The van der Waals surface area contributed by atoms with Gasteiger partial charge < -0.3 is 10.1 Å². The number of aryl methyl sites for hydroxylation is 1. The van der Waals surface area contributed by atoms with Gasteiger partial charge in [-0.1, -0.05) is 42.2 Å². The van der Waals surface area contributed by atoms with Crippen molar-refractivity contribution in [3.8, 4) is 5.75 Å². The van der Waals surface area contributed by atoms with Crippen LogP contribution in [0.3, 0.4) is 0 Å². The fraction of sp³-hybridized carbons (Fsp3) is 0.250. The predicted octanol–water partition coefficient (Wildman–Crippen LogP) is 3.89. The Balaban J connectivity index is 1.63. The SMILES string of the molecule is CCNc1nc2ccc(C)cn2c(=O)c1C=C1SC(=S)N(CCc2ccc(OC)cc2)C1=O. The molecule has 7 nitrogen and oxygen atoms in total. The minimum absolute atomic E-state index is 0.199. The number of pyridine rings is 1. The van der Waals surface area contributed by atoms with Crippen molar-refractivity contribution in [3.05, 3.63) is 74.5 Å². The minimum Gasteiger partial charge on any atom is -0.497 e. The van der Waals surface area contributed by atoms with Crippen molar-refractivity contribution < 1.29 is 9.53 Å². The summed E-state index contributed by atoms with van der Waals surface area (Å²) in [4.78, 5) is 33.0. The second-order valence-corrected chi connectivity index (χ2v) is 9.25. The number of anilines is 1. The van der Waals surface area contributed by atoms with E-state index < -0.39 is 0 Å².